The number of ketones is 1. The van der Waals surface area contributed by atoms with Gasteiger partial charge in [0.05, 0.1) is 0 Å². The summed E-state index contributed by atoms with van der Waals surface area (Å²) >= 11 is 0. The zero-order valence-electron chi connectivity index (χ0n) is 6.53. The Morgan fingerprint density at radius 3 is 1.79 bits per heavy atom. The second-order valence-electron chi connectivity index (χ2n) is 2.49. The molecule has 76 valence electrons. The van der Waals surface area contributed by atoms with E-state index < -0.39 is 29.2 Å². The van der Waals surface area contributed by atoms with Gasteiger partial charge < -0.3 is 0 Å². The van der Waals surface area contributed by atoms with Crippen LogP contribution in [0.3, 0.4) is 0 Å². The Balaban J connectivity index is 3.14. The maximum Gasteiger partial charge on any atom is 0.454 e. The quantitative estimate of drug-likeness (QED) is 0.514. The average molecular weight is 210 g/mol. The van der Waals surface area contributed by atoms with E-state index in [9.17, 15) is 26.7 Å². The van der Waals surface area contributed by atoms with Crippen LogP contribution in [0, 0.1) is 11.6 Å². The molecule has 0 fully saturated rings. The van der Waals surface area contributed by atoms with E-state index in [1.54, 1.807) is 0 Å². The van der Waals surface area contributed by atoms with Gasteiger partial charge in [-0.05, 0) is 12.1 Å². The number of hydrogen-bond acceptors (Lipinski definition) is 1. The largest absolute Gasteiger partial charge is 0.454 e. The van der Waals surface area contributed by atoms with Crippen LogP contribution in [0.2, 0.25) is 0 Å². The molecule has 6 heteroatoms. The third-order valence-electron chi connectivity index (χ3n) is 1.38. The predicted molar refractivity (Wildman–Crippen MR) is 36.7 cm³/mol. The molecule has 0 amide bonds. The second kappa shape index (κ2) is 3.36. The highest BCUT2D eigenvalue weighted by Gasteiger charge is 2.39. The Kier molecular flexibility index (Phi) is 2.55. The fourth-order valence-electron chi connectivity index (χ4n) is 0.849. The monoisotopic (exact) mass is 210 g/mol. The minimum Gasteiger partial charge on any atom is -0.284 e. The number of hydrogen-bond donors (Lipinski definition) is 0. The topological polar surface area (TPSA) is 17.1 Å². The normalized spacial score (nSPS) is 11.5. The van der Waals surface area contributed by atoms with Crippen molar-refractivity contribution >= 4 is 5.78 Å². The van der Waals surface area contributed by atoms with Gasteiger partial charge in [-0.15, -0.1) is 0 Å². The maximum atomic E-state index is 12.4. The maximum absolute atomic E-state index is 12.4. The van der Waals surface area contributed by atoms with E-state index in [1.165, 1.54) is 0 Å². The van der Waals surface area contributed by atoms with Crippen molar-refractivity contribution in [1.29, 1.82) is 0 Å². The van der Waals surface area contributed by atoms with Gasteiger partial charge in [-0.2, -0.15) is 13.2 Å². The van der Waals surface area contributed by atoms with Gasteiger partial charge in [-0.25, -0.2) is 8.78 Å². The molecule has 0 radical (unpaired) electrons. The van der Waals surface area contributed by atoms with E-state index in [0.717, 1.165) is 0 Å². The predicted octanol–water partition coefficient (Wildman–Crippen LogP) is 2.71. The molecule has 0 saturated carbocycles. The molecular formula is C8H3F5O. The van der Waals surface area contributed by atoms with E-state index in [2.05, 4.69) is 0 Å². The van der Waals surface area contributed by atoms with Crippen LogP contribution in [-0.4, -0.2) is 12.0 Å². The minimum atomic E-state index is -5.12. The Bertz CT molecular complexity index is 348. The number of rotatable bonds is 1. The third-order valence-corrected chi connectivity index (χ3v) is 1.38. The van der Waals surface area contributed by atoms with Crippen LogP contribution >= 0.6 is 0 Å². The molecule has 0 atom stereocenters. The Morgan fingerprint density at radius 2 is 1.43 bits per heavy atom. The molecule has 0 aliphatic carbocycles. The van der Waals surface area contributed by atoms with Crippen molar-refractivity contribution in [2.24, 2.45) is 0 Å². The van der Waals surface area contributed by atoms with E-state index in [4.69, 9.17) is 0 Å². The Morgan fingerprint density at radius 1 is 1.00 bits per heavy atom. The summed E-state index contributed by atoms with van der Waals surface area (Å²) in [6.45, 7) is 0. The van der Waals surface area contributed by atoms with Crippen molar-refractivity contribution in [3.8, 4) is 0 Å². The summed E-state index contributed by atoms with van der Waals surface area (Å²) in [6.07, 6.45) is -5.12. The molecule has 14 heavy (non-hydrogen) atoms. The van der Waals surface area contributed by atoms with Crippen molar-refractivity contribution in [2.45, 2.75) is 6.18 Å². The first-order chi connectivity index (χ1) is 6.30. The summed E-state index contributed by atoms with van der Waals surface area (Å²) in [6, 6.07) is 1.05. The number of halogens is 5. The van der Waals surface area contributed by atoms with Gasteiger partial charge in [0.1, 0.15) is 11.6 Å². The summed E-state index contributed by atoms with van der Waals surface area (Å²) in [5.74, 6) is -4.72. The summed E-state index contributed by atoms with van der Waals surface area (Å²) in [4.78, 5) is 10.5. The highest BCUT2D eigenvalue weighted by Crippen LogP contribution is 2.22. The molecule has 0 spiro atoms. The average Bonchev–Trinajstić information content (AvgIpc) is 1.99. The molecule has 0 N–H and O–H groups in total. The van der Waals surface area contributed by atoms with E-state index >= 15 is 0 Å². The van der Waals surface area contributed by atoms with Crippen molar-refractivity contribution in [1.82, 2.24) is 0 Å². The smallest absolute Gasteiger partial charge is 0.284 e. The van der Waals surface area contributed by atoms with Crippen LogP contribution in [0.15, 0.2) is 18.2 Å². The molecule has 0 heterocycles. The number of Topliss-reactive ketones (excluding diaryl/α,β-unsaturated/α-hetero) is 1. The first-order valence-corrected chi connectivity index (χ1v) is 3.38. The fraction of sp³-hybridized carbons (Fsp3) is 0.125. The highest BCUT2D eigenvalue weighted by atomic mass is 19.4. The number of benzene rings is 1. The van der Waals surface area contributed by atoms with Crippen LogP contribution in [0.4, 0.5) is 22.0 Å². The van der Waals surface area contributed by atoms with Crippen molar-refractivity contribution in [3.05, 3.63) is 35.4 Å². The lowest BCUT2D eigenvalue weighted by Gasteiger charge is -2.04. The van der Waals surface area contributed by atoms with Gasteiger partial charge in [-0.3, -0.25) is 4.79 Å². The van der Waals surface area contributed by atoms with Crippen LogP contribution < -0.4 is 0 Å². The fourth-order valence-corrected chi connectivity index (χ4v) is 0.849. The van der Waals surface area contributed by atoms with Gasteiger partial charge in [0.25, 0.3) is 5.78 Å². The molecule has 1 aromatic carbocycles. The second-order valence-corrected chi connectivity index (χ2v) is 2.49. The van der Waals surface area contributed by atoms with Crippen molar-refractivity contribution in [3.63, 3.8) is 0 Å². The summed E-state index contributed by atoms with van der Waals surface area (Å²) < 4.78 is 60.2. The molecule has 0 saturated heterocycles. The zero-order valence-corrected chi connectivity index (χ0v) is 6.53. The Labute approximate surface area is 75.2 Å². The summed E-state index contributed by atoms with van der Waals surface area (Å²) in [5, 5.41) is 0. The van der Waals surface area contributed by atoms with Gasteiger partial charge in [0.2, 0.25) is 0 Å². The molecule has 0 bridgehead atoms. The highest BCUT2D eigenvalue weighted by molar-refractivity contribution is 6.00. The van der Waals surface area contributed by atoms with Gasteiger partial charge in [-0.1, -0.05) is 0 Å². The van der Waals surface area contributed by atoms with Gasteiger partial charge >= 0.3 is 6.18 Å². The first kappa shape index (κ1) is 10.6. The van der Waals surface area contributed by atoms with Crippen LogP contribution in [0.5, 0.6) is 0 Å². The number of carbonyl (C=O) groups is 1. The third kappa shape index (κ3) is 2.27. The van der Waals surface area contributed by atoms with Crippen molar-refractivity contribution in [2.75, 3.05) is 0 Å². The van der Waals surface area contributed by atoms with E-state index in [0.29, 0.717) is 18.2 Å². The SMILES string of the molecule is O=C(c1cc(F)cc(F)c1)C(F)(F)F. The summed E-state index contributed by atoms with van der Waals surface area (Å²) in [5.41, 5.74) is -1.05. The van der Waals surface area contributed by atoms with Crippen LogP contribution in [0.25, 0.3) is 0 Å². The molecule has 1 aromatic rings. The lowest BCUT2D eigenvalue weighted by atomic mass is 10.1. The molecule has 0 unspecified atom stereocenters. The van der Waals surface area contributed by atoms with Gasteiger partial charge in [0.15, 0.2) is 0 Å². The standard InChI is InChI=1S/C8H3F5O/c9-5-1-4(2-6(10)3-5)7(14)8(11,12)13/h1-3H. The lowest BCUT2D eigenvalue weighted by molar-refractivity contribution is -0.0885. The van der Waals surface area contributed by atoms with Crippen LogP contribution in [0.1, 0.15) is 10.4 Å². The minimum absolute atomic E-state index is 0.332. The number of alkyl halides is 3. The summed E-state index contributed by atoms with van der Waals surface area (Å²) in [7, 11) is 0. The van der Waals surface area contributed by atoms with E-state index in [-0.39, 0.29) is 0 Å². The molecular weight excluding hydrogens is 207 g/mol. The molecule has 1 rings (SSSR count). The first-order valence-electron chi connectivity index (χ1n) is 3.38. The molecule has 0 aliphatic heterocycles. The lowest BCUT2D eigenvalue weighted by Crippen LogP contribution is -2.22. The van der Waals surface area contributed by atoms with Gasteiger partial charge in [0, 0.05) is 11.6 Å². The van der Waals surface area contributed by atoms with Crippen LogP contribution in [-0.2, 0) is 0 Å². The Hall–Kier alpha value is -1.46. The zero-order chi connectivity index (χ0) is 10.9. The van der Waals surface area contributed by atoms with E-state index in [1.807, 2.05) is 0 Å². The molecule has 0 aliphatic rings. The number of carbonyl (C=O) groups excluding carboxylic acids is 1. The molecule has 1 nitrogen and oxygen atoms in total. The van der Waals surface area contributed by atoms with Crippen molar-refractivity contribution < 1.29 is 26.7 Å². The molecule has 0 aromatic heterocycles.